The molecule has 0 saturated heterocycles. The first-order chi connectivity index (χ1) is 33.1. The van der Waals surface area contributed by atoms with Gasteiger partial charge in [0.05, 0.1) is 35.2 Å². The Balaban J connectivity index is -0.000000418. The molecular formula is C40H124O13Si21. The monoisotopic (exact) mass is 1400 g/mol. The maximum absolute atomic E-state index is 6.15. The van der Waals surface area contributed by atoms with Crippen LogP contribution in [0.15, 0.2) is 12.1 Å². The van der Waals surface area contributed by atoms with Crippen LogP contribution in [0.5, 0.6) is 0 Å². The van der Waals surface area contributed by atoms with Crippen molar-refractivity contribution in [2.75, 3.05) is 0 Å². The summed E-state index contributed by atoms with van der Waals surface area (Å²) in [5.41, 5.74) is 0. The molecule has 74 heavy (non-hydrogen) atoms. The Kier molecular flexibility index (Phi) is 44.9. The highest BCUT2D eigenvalue weighted by Crippen LogP contribution is 2.20. The van der Waals surface area contributed by atoms with Crippen LogP contribution in [-0.4, -0.2) is 190 Å². The van der Waals surface area contributed by atoms with Crippen molar-refractivity contribution < 1.29 is 53.5 Å². The van der Waals surface area contributed by atoms with Crippen LogP contribution in [0.1, 0.15) is 0 Å². The van der Waals surface area contributed by atoms with Crippen LogP contribution in [0.3, 0.4) is 0 Å². The van der Waals surface area contributed by atoms with Gasteiger partial charge in [-0.2, -0.15) is 0 Å². The highest BCUT2D eigenvalue weighted by Gasteiger charge is 2.47. The molecule has 0 aliphatic heterocycles. The standard InChI is InChI=1S/C14H30Si4.C8H28O4Si5.C8H26O3Si4.C6H22O3Si4.C4H18O3Si4/c1-15(2)11-9-13(17(5)6)14(18(7)8)10-12(11)16(3)4;1-13(2)9-17(10-14(3)4,11-15(5)6)12-16(7)8;1-12(2)9-14(5,6)11-15(7,8)10-13(3)4;1-10-7-12(3,4)9-13(5,6)8-11-2;1-10(2,5-8)7-11(3,4)6-9/h9-10,15-18H,1-8H3;13-16H,1-8H3;12-13H,1-8H3;10-11H2,1-6H3;1-4,8-9H3. The molecule has 1 aromatic carbocycles. The van der Waals surface area contributed by atoms with Crippen molar-refractivity contribution >= 4 is 211 Å². The lowest BCUT2D eigenvalue weighted by atomic mass is 10.3. The third kappa shape index (κ3) is 43.9. The van der Waals surface area contributed by atoms with E-state index < -0.39 is 150 Å². The fourth-order valence-electron chi connectivity index (χ4n) is 7.79. The van der Waals surface area contributed by atoms with Gasteiger partial charge in [-0.15, -0.1) is 0 Å². The van der Waals surface area contributed by atoms with Crippen LogP contribution < -0.4 is 20.7 Å². The molecule has 13 nitrogen and oxygen atoms in total. The van der Waals surface area contributed by atoms with E-state index in [1.165, 1.54) is 0 Å². The van der Waals surface area contributed by atoms with Crippen LogP contribution in [0.25, 0.3) is 0 Å². The summed E-state index contributed by atoms with van der Waals surface area (Å²) in [5.74, 6) is 0. The predicted octanol–water partition coefficient (Wildman–Crippen LogP) is 3.99. The van der Waals surface area contributed by atoms with Gasteiger partial charge in [0.15, 0.2) is 54.2 Å². The third-order valence-electron chi connectivity index (χ3n) is 9.78. The van der Waals surface area contributed by atoms with E-state index in [9.17, 15) is 0 Å². The van der Waals surface area contributed by atoms with Gasteiger partial charge in [-0.3, -0.25) is 0 Å². The van der Waals surface area contributed by atoms with Gasteiger partial charge in [0, 0.05) is 0 Å². The molecule has 0 radical (unpaired) electrons. The van der Waals surface area contributed by atoms with E-state index in [4.69, 9.17) is 53.5 Å². The fourth-order valence-corrected chi connectivity index (χ4v) is 64.6. The van der Waals surface area contributed by atoms with Crippen molar-refractivity contribution in [3.05, 3.63) is 12.1 Å². The van der Waals surface area contributed by atoms with E-state index in [2.05, 4.69) is 235 Å². The lowest BCUT2D eigenvalue weighted by molar-refractivity contribution is 0.164. The van der Waals surface area contributed by atoms with Crippen LogP contribution in [0, 0.1) is 0 Å². The second kappa shape index (κ2) is 39.7. The maximum atomic E-state index is 6.15. The van der Waals surface area contributed by atoms with Crippen molar-refractivity contribution in [1.29, 1.82) is 0 Å². The van der Waals surface area contributed by atoms with Crippen molar-refractivity contribution in [3.63, 3.8) is 0 Å². The molecule has 0 aromatic heterocycles. The number of hydrogen-bond donors (Lipinski definition) is 0. The molecule has 34 heteroatoms. The Morgan fingerprint density at radius 3 is 0.662 bits per heavy atom. The second-order valence-electron chi connectivity index (χ2n) is 24.2. The molecule has 0 heterocycles. The fraction of sp³-hybridized carbons (Fsp3) is 0.850. The normalized spacial score (nSPS) is 13.7. The van der Waals surface area contributed by atoms with Gasteiger partial charge in [0.1, 0.15) is 40.5 Å². The molecule has 446 valence electrons. The Morgan fingerprint density at radius 1 is 0.311 bits per heavy atom. The predicted molar refractivity (Wildman–Crippen MR) is 387 cm³/mol. The summed E-state index contributed by atoms with van der Waals surface area (Å²) in [4.78, 5) is 0. The molecular weight excluding hydrogens is 1280 g/mol. The van der Waals surface area contributed by atoms with Crippen molar-refractivity contribution in [2.45, 2.75) is 223 Å². The minimum absolute atomic E-state index is 0.358. The van der Waals surface area contributed by atoms with Gasteiger partial charge >= 0.3 is 60.4 Å². The van der Waals surface area contributed by atoms with Crippen LogP contribution in [-0.2, 0) is 53.5 Å². The number of benzene rings is 1. The minimum Gasteiger partial charge on any atom is -0.445 e. The first kappa shape index (κ1) is 83.7. The van der Waals surface area contributed by atoms with Gasteiger partial charge in [-0.1, -0.05) is 98.3 Å². The Labute approximate surface area is 494 Å². The molecule has 0 atom stereocenters. The second-order valence-corrected chi connectivity index (χ2v) is 81.2. The first-order valence-electron chi connectivity index (χ1n) is 27.8. The van der Waals surface area contributed by atoms with Crippen molar-refractivity contribution in [1.82, 2.24) is 0 Å². The average Bonchev–Trinajstić information content (AvgIpc) is 3.14. The van der Waals surface area contributed by atoms with Gasteiger partial charge in [-0.05, 0) is 157 Å². The summed E-state index contributed by atoms with van der Waals surface area (Å²) in [6.45, 7) is 75.3. The zero-order chi connectivity index (χ0) is 59.6. The summed E-state index contributed by atoms with van der Waals surface area (Å²) >= 11 is 0. The molecule has 1 aromatic rings. The Bertz CT molecular complexity index is 1440. The molecule has 1 rings (SSSR count). The van der Waals surface area contributed by atoms with Gasteiger partial charge in [0.25, 0.3) is 0 Å². The van der Waals surface area contributed by atoms with Crippen molar-refractivity contribution in [2.24, 2.45) is 0 Å². The summed E-state index contributed by atoms with van der Waals surface area (Å²) in [5, 5.41) is 7.19. The molecule has 0 saturated carbocycles. The van der Waals surface area contributed by atoms with Crippen molar-refractivity contribution in [3.8, 4) is 0 Å². The quantitative estimate of drug-likeness (QED) is 0.113. The summed E-state index contributed by atoms with van der Waals surface area (Å²) in [7, 11) is -22.8. The number of hydrogen-bond acceptors (Lipinski definition) is 13. The van der Waals surface area contributed by atoms with E-state index in [0.29, 0.717) is 0 Å². The van der Waals surface area contributed by atoms with E-state index in [-0.39, 0.29) is 19.5 Å². The van der Waals surface area contributed by atoms with E-state index in [0.717, 1.165) is 21.0 Å². The van der Waals surface area contributed by atoms with Gasteiger partial charge in [0.2, 0.25) is 0 Å². The topological polar surface area (TPSA) is 120 Å². The SMILES string of the molecule is C[SiH2]O[Si](C)(C)O[Si](C)(C)O[SiH2]C.C[SiH](C)O[Si](C)(C)O[Si](C)(C)O[SiH](C)C.C[SiH](C)O[Si](O[SiH](C)C)(O[SiH](C)C)O[SiH](C)C.C[SiH](C)c1cc([SiH](C)C)c([SiH](C)C)cc1[SiH](C)C.C[Si](C)(O[SiH3])O[Si](C)(C)O[SiH3]. The highest BCUT2D eigenvalue weighted by atomic mass is 28.5. The molecule has 0 unspecified atom stereocenters. The zero-order valence-corrected chi connectivity index (χ0v) is 80.5. The Morgan fingerprint density at radius 2 is 0.500 bits per heavy atom. The Hall–Kier alpha value is 3.25. The largest absolute Gasteiger partial charge is 0.636 e. The molecule has 0 aliphatic carbocycles. The van der Waals surface area contributed by atoms with Gasteiger partial charge < -0.3 is 53.5 Å². The van der Waals surface area contributed by atoms with E-state index >= 15 is 0 Å². The van der Waals surface area contributed by atoms with E-state index in [1.807, 2.05) is 0 Å². The van der Waals surface area contributed by atoms with Crippen LogP contribution in [0.2, 0.25) is 223 Å². The van der Waals surface area contributed by atoms with E-state index in [1.54, 1.807) is 20.7 Å². The number of rotatable bonds is 28. The third-order valence-corrected chi connectivity index (χ3v) is 65.4. The molecule has 0 amide bonds. The molecule has 0 N–H and O–H groups in total. The zero-order valence-electron chi connectivity index (χ0n) is 55.1. The van der Waals surface area contributed by atoms with Gasteiger partial charge in [-0.25, -0.2) is 0 Å². The molecule has 0 spiro atoms. The highest BCUT2D eigenvalue weighted by molar-refractivity contribution is 6.88. The summed E-state index contributed by atoms with van der Waals surface area (Å²) in [6, 6.07) is 5.33. The summed E-state index contributed by atoms with van der Waals surface area (Å²) in [6.07, 6.45) is 0. The minimum atomic E-state index is -2.80. The molecule has 0 fully saturated rings. The lowest BCUT2D eigenvalue weighted by Crippen LogP contribution is -2.57. The first-order valence-corrected chi connectivity index (χ1v) is 80.2. The smallest absolute Gasteiger partial charge is 0.445 e. The maximum Gasteiger partial charge on any atom is 0.636 e. The summed E-state index contributed by atoms with van der Waals surface area (Å²) < 4.78 is 76.6. The van der Waals surface area contributed by atoms with Crippen LogP contribution in [0.4, 0.5) is 0 Å². The molecule has 0 aliphatic rings. The molecule has 0 bridgehead atoms. The van der Waals surface area contributed by atoms with Crippen LogP contribution >= 0.6 is 0 Å². The lowest BCUT2D eigenvalue weighted by Gasteiger charge is -2.35. The average molecular weight is 1400 g/mol.